The van der Waals surface area contributed by atoms with Crippen LogP contribution in [-0.2, 0) is 0 Å². The van der Waals surface area contributed by atoms with Gasteiger partial charge in [-0.05, 0) is 19.0 Å². The second-order valence-electron chi connectivity index (χ2n) is 6.87. The maximum Gasteiger partial charge on any atom is 0.390 e. The van der Waals surface area contributed by atoms with Gasteiger partial charge in [0, 0.05) is 52.4 Å². The lowest BCUT2D eigenvalue weighted by Gasteiger charge is -2.40. The Morgan fingerprint density at radius 1 is 1.14 bits per heavy atom. The van der Waals surface area contributed by atoms with E-state index in [0.717, 1.165) is 32.6 Å². The average molecular weight is 513 g/mol. The number of guanidine groups is 1. The standard InChI is InChI=1S/C19H30F3N5.HI/c1-23-18(25-11-9-19(20,21)22)24-10-6-12-27-14-13-26(2)15-17(27)16-7-4-3-5-8-16;/h3-5,7-8,17H,6,9-15H2,1-2H3,(H2,23,24,25);1H. The molecule has 0 spiro atoms. The van der Waals surface area contributed by atoms with Crippen molar-refractivity contribution in [1.29, 1.82) is 0 Å². The molecule has 0 aliphatic carbocycles. The van der Waals surface area contributed by atoms with Crippen molar-refractivity contribution < 1.29 is 13.2 Å². The molecule has 0 radical (unpaired) electrons. The van der Waals surface area contributed by atoms with Crippen molar-refractivity contribution in [3.05, 3.63) is 35.9 Å². The van der Waals surface area contributed by atoms with Gasteiger partial charge in [0.2, 0.25) is 0 Å². The third kappa shape index (κ3) is 8.95. The molecule has 1 fully saturated rings. The van der Waals surface area contributed by atoms with Crippen LogP contribution < -0.4 is 10.6 Å². The summed E-state index contributed by atoms with van der Waals surface area (Å²) in [7, 11) is 3.71. The van der Waals surface area contributed by atoms with Crippen molar-refractivity contribution in [2.45, 2.75) is 25.1 Å². The van der Waals surface area contributed by atoms with Gasteiger partial charge < -0.3 is 15.5 Å². The Balaban J connectivity index is 0.00000392. The van der Waals surface area contributed by atoms with E-state index in [-0.39, 0.29) is 30.5 Å². The summed E-state index contributed by atoms with van der Waals surface area (Å²) in [5.41, 5.74) is 1.32. The fourth-order valence-corrected chi connectivity index (χ4v) is 3.25. The lowest BCUT2D eigenvalue weighted by Crippen LogP contribution is -2.47. The summed E-state index contributed by atoms with van der Waals surface area (Å²) in [6.45, 7) is 4.47. The number of rotatable bonds is 7. The maximum absolute atomic E-state index is 12.2. The highest BCUT2D eigenvalue weighted by Gasteiger charge is 2.27. The predicted molar refractivity (Wildman–Crippen MR) is 118 cm³/mol. The third-order valence-corrected chi connectivity index (χ3v) is 4.72. The van der Waals surface area contributed by atoms with Crippen molar-refractivity contribution in [3.8, 4) is 0 Å². The van der Waals surface area contributed by atoms with Gasteiger partial charge in [-0.2, -0.15) is 13.2 Å². The highest BCUT2D eigenvalue weighted by Crippen LogP contribution is 2.24. The van der Waals surface area contributed by atoms with Crippen LogP contribution in [0.2, 0.25) is 0 Å². The smallest absolute Gasteiger partial charge is 0.356 e. The molecule has 0 saturated carbocycles. The molecule has 1 aromatic carbocycles. The molecular weight excluding hydrogens is 482 g/mol. The number of benzene rings is 1. The molecule has 1 heterocycles. The Labute approximate surface area is 182 Å². The third-order valence-electron chi connectivity index (χ3n) is 4.72. The number of likely N-dealkylation sites (N-methyl/N-ethyl adjacent to an activating group) is 1. The number of hydrogen-bond donors (Lipinski definition) is 2. The molecule has 0 aromatic heterocycles. The largest absolute Gasteiger partial charge is 0.390 e. The van der Waals surface area contributed by atoms with Crippen LogP contribution >= 0.6 is 24.0 Å². The molecule has 28 heavy (non-hydrogen) atoms. The Morgan fingerprint density at radius 2 is 1.82 bits per heavy atom. The van der Waals surface area contributed by atoms with E-state index in [1.165, 1.54) is 5.56 Å². The van der Waals surface area contributed by atoms with Gasteiger partial charge in [-0.1, -0.05) is 30.3 Å². The summed E-state index contributed by atoms with van der Waals surface area (Å²) in [5.74, 6) is 0.414. The zero-order chi connectivity index (χ0) is 19.7. The number of hydrogen-bond acceptors (Lipinski definition) is 3. The summed E-state index contributed by atoms with van der Waals surface area (Å²) < 4.78 is 36.7. The molecule has 1 atom stereocenters. The number of alkyl halides is 3. The lowest BCUT2D eigenvalue weighted by molar-refractivity contribution is -0.132. The second kappa shape index (κ2) is 12.5. The first-order valence-electron chi connectivity index (χ1n) is 9.38. The van der Waals surface area contributed by atoms with E-state index in [1.54, 1.807) is 7.05 Å². The van der Waals surface area contributed by atoms with Crippen molar-refractivity contribution >= 4 is 29.9 Å². The van der Waals surface area contributed by atoms with Crippen molar-refractivity contribution in [2.24, 2.45) is 4.99 Å². The van der Waals surface area contributed by atoms with E-state index in [2.05, 4.69) is 56.7 Å². The van der Waals surface area contributed by atoms with Gasteiger partial charge >= 0.3 is 6.18 Å². The van der Waals surface area contributed by atoms with Crippen LogP contribution in [0, 0.1) is 0 Å². The SMILES string of the molecule is CN=C(NCCCN1CCN(C)CC1c1ccccc1)NCCC(F)(F)F.I. The van der Waals surface area contributed by atoms with E-state index in [9.17, 15) is 13.2 Å². The molecule has 5 nitrogen and oxygen atoms in total. The van der Waals surface area contributed by atoms with Gasteiger partial charge in [0.15, 0.2) is 5.96 Å². The average Bonchev–Trinajstić information content (AvgIpc) is 2.64. The minimum atomic E-state index is -4.15. The molecule has 9 heteroatoms. The minimum Gasteiger partial charge on any atom is -0.356 e. The topological polar surface area (TPSA) is 42.9 Å². The Kier molecular flexibility index (Phi) is 11.1. The Bertz CT molecular complexity index is 583. The van der Waals surface area contributed by atoms with Crippen LogP contribution in [0.3, 0.4) is 0 Å². The maximum atomic E-state index is 12.2. The van der Waals surface area contributed by atoms with Gasteiger partial charge in [-0.15, -0.1) is 24.0 Å². The van der Waals surface area contributed by atoms with Crippen LogP contribution in [0.15, 0.2) is 35.3 Å². The number of piperazine rings is 1. The van der Waals surface area contributed by atoms with E-state index < -0.39 is 12.6 Å². The summed E-state index contributed by atoms with van der Waals surface area (Å²) >= 11 is 0. The Morgan fingerprint density at radius 3 is 2.46 bits per heavy atom. The molecule has 1 unspecified atom stereocenters. The Hall–Kier alpha value is -1.07. The van der Waals surface area contributed by atoms with E-state index in [0.29, 0.717) is 18.5 Å². The fraction of sp³-hybridized carbons (Fsp3) is 0.632. The van der Waals surface area contributed by atoms with Crippen LogP contribution in [0.5, 0.6) is 0 Å². The van der Waals surface area contributed by atoms with Crippen LogP contribution in [0.25, 0.3) is 0 Å². The van der Waals surface area contributed by atoms with Gasteiger partial charge in [0.1, 0.15) is 0 Å². The summed E-state index contributed by atoms with van der Waals surface area (Å²) in [6.07, 6.45) is -4.12. The molecular formula is C19H31F3IN5. The highest BCUT2D eigenvalue weighted by molar-refractivity contribution is 14.0. The minimum absolute atomic E-state index is 0. The van der Waals surface area contributed by atoms with Crippen LogP contribution in [-0.4, -0.2) is 75.3 Å². The summed E-state index contributed by atoms with van der Waals surface area (Å²) in [6, 6.07) is 10.9. The molecule has 0 bridgehead atoms. The zero-order valence-corrected chi connectivity index (χ0v) is 18.8. The molecule has 160 valence electrons. The molecule has 1 aliphatic rings. The molecule has 1 aromatic rings. The van der Waals surface area contributed by atoms with E-state index in [4.69, 9.17) is 0 Å². The summed E-state index contributed by atoms with van der Waals surface area (Å²) in [4.78, 5) is 8.80. The number of halogens is 4. The first-order chi connectivity index (χ1) is 12.9. The quantitative estimate of drug-likeness (QED) is 0.255. The van der Waals surface area contributed by atoms with Gasteiger partial charge in [0.25, 0.3) is 0 Å². The van der Waals surface area contributed by atoms with Crippen molar-refractivity contribution in [3.63, 3.8) is 0 Å². The second-order valence-corrected chi connectivity index (χ2v) is 6.87. The number of aliphatic imine (C=N–C) groups is 1. The molecule has 0 amide bonds. The monoisotopic (exact) mass is 513 g/mol. The number of nitrogens with zero attached hydrogens (tertiary/aromatic N) is 3. The zero-order valence-electron chi connectivity index (χ0n) is 16.5. The van der Waals surface area contributed by atoms with Crippen LogP contribution in [0.4, 0.5) is 13.2 Å². The molecule has 1 saturated heterocycles. The predicted octanol–water partition coefficient (Wildman–Crippen LogP) is 3.10. The van der Waals surface area contributed by atoms with E-state index >= 15 is 0 Å². The normalized spacial score (nSPS) is 19.2. The molecule has 1 aliphatic heterocycles. The number of nitrogens with one attached hydrogen (secondary N) is 2. The molecule has 2 rings (SSSR count). The van der Waals surface area contributed by atoms with Gasteiger partial charge in [-0.25, -0.2) is 0 Å². The first kappa shape index (κ1) is 25.0. The van der Waals surface area contributed by atoms with Crippen LogP contribution in [0.1, 0.15) is 24.4 Å². The van der Waals surface area contributed by atoms with Crippen molar-refractivity contribution in [1.82, 2.24) is 20.4 Å². The van der Waals surface area contributed by atoms with Crippen molar-refractivity contribution in [2.75, 3.05) is 53.4 Å². The highest BCUT2D eigenvalue weighted by atomic mass is 127. The lowest BCUT2D eigenvalue weighted by atomic mass is 10.0. The first-order valence-corrected chi connectivity index (χ1v) is 9.38. The van der Waals surface area contributed by atoms with Gasteiger partial charge in [0.05, 0.1) is 6.42 Å². The van der Waals surface area contributed by atoms with Gasteiger partial charge in [-0.3, -0.25) is 9.89 Å². The summed E-state index contributed by atoms with van der Waals surface area (Å²) in [5, 5.41) is 5.80. The molecule has 2 N–H and O–H groups in total. The van der Waals surface area contributed by atoms with E-state index in [1.807, 2.05) is 6.07 Å². The fourth-order valence-electron chi connectivity index (χ4n) is 3.25.